The molecule has 0 saturated heterocycles. The van der Waals surface area contributed by atoms with Crippen LogP contribution in [0.15, 0.2) is 89.7 Å². The SMILES string of the molecule is [C-]#[N+]c1cnn(-c2ncccn2)c1N=Nc1c(O)c(C(=O)Nc2cccnc2)cc2ccccc12. The van der Waals surface area contributed by atoms with Crippen LogP contribution in [0.2, 0.25) is 0 Å². The molecular weight excluding hydrogens is 446 g/mol. The van der Waals surface area contributed by atoms with Crippen LogP contribution in [-0.2, 0) is 0 Å². The Balaban J connectivity index is 1.61. The average molecular weight is 461 g/mol. The fourth-order valence-corrected chi connectivity index (χ4v) is 3.38. The van der Waals surface area contributed by atoms with E-state index in [1.807, 2.05) is 6.07 Å². The fraction of sp³-hybridized carbons (Fsp3) is 0. The Kier molecular flexibility index (Phi) is 5.59. The summed E-state index contributed by atoms with van der Waals surface area (Å²) in [7, 11) is 0. The third-order valence-corrected chi connectivity index (χ3v) is 4.99. The number of anilines is 1. The number of phenols is 1. The van der Waals surface area contributed by atoms with E-state index in [1.54, 1.807) is 48.7 Å². The maximum Gasteiger partial charge on any atom is 0.259 e. The minimum Gasteiger partial charge on any atom is -0.505 e. The van der Waals surface area contributed by atoms with E-state index in [9.17, 15) is 9.90 Å². The van der Waals surface area contributed by atoms with Crippen LogP contribution in [0.3, 0.4) is 0 Å². The molecule has 11 nitrogen and oxygen atoms in total. The Morgan fingerprint density at radius 1 is 1.03 bits per heavy atom. The molecule has 0 saturated carbocycles. The lowest BCUT2D eigenvalue weighted by Crippen LogP contribution is -2.12. The first-order valence-corrected chi connectivity index (χ1v) is 10.3. The number of rotatable bonds is 5. The number of hydrogen-bond donors (Lipinski definition) is 2. The zero-order valence-corrected chi connectivity index (χ0v) is 17.9. The summed E-state index contributed by atoms with van der Waals surface area (Å²) in [6.07, 6.45) is 7.48. The number of aromatic nitrogens is 5. The van der Waals surface area contributed by atoms with Gasteiger partial charge in [0.1, 0.15) is 5.69 Å². The van der Waals surface area contributed by atoms with Crippen LogP contribution in [0.25, 0.3) is 21.6 Å². The van der Waals surface area contributed by atoms with Crippen LogP contribution in [0.1, 0.15) is 10.4 Å². The second-order valence-corrected chi connectivity index (χ2v) is 7.16. The zero-order valence-electron chi connectivity index (χ0n) is 17.9. The van der Waals surface area contributed by atoms with Crippen molar-refractivity contribution in [1.82, 2.24) is 24.7 Å². The number of carbonyl (C=O) groups excluding carboxylic acids is 1. The normalized spacial score (nSPS) is 10.9. The molecule has 3 heterocycles. The molecule has 168 valence electrons. The topological polar surface area (TPSA) is 135 Å². The minimum absolute atomic E-state index is 0.00630. The zero-order chi connectivity index (χ0) is 24.2. The molecule has 1 amide bonds. The van der Waals surface area contributed by atoms with Crippen LogP contribution in [0.5, 0.6) is 5.75 Å². The first kappa shape index (κ1) is 21.4. The smallest absolute Gasteiger partial charge is 0.259 e. The minimum atomic E-state index is -0.540. The van der Waals surface area contributed by atoms with Crippen molar-refractivity contribution in [3.05, 3.63) is 96.5 Å². The lowest BCUT2D eigenvalue weighted by molar-refractivity contribution is 0.102. The molecule has 0 radical (unpaired) electrons. The number of fused-ring (bicyclic) bond motifs is 1. The predicted octanol–water partition coefficient (Wildman–Crippen LogP) is 5.13. The fourth-order valence-electron chi connectivity index (χ4n) is 3.38. The number of nitrogens with one attached hydrogen (secondary N) is 1. The Labute approximate surface area is 198 Å². The van der Waals surface area contributed by atoms with Crippen LogP contribution >= 0.6 is 0 Å². The van der Waals surface area contributed by atoms with Crippen molar-refractivity contribution in [3.8, 4) is 11.7 Å². The van der Waals surface area contributed by atoms with E-state index in [0.29, 0.717) is 16.5 Å². The van der Waals surface area contributed by atoms with E-state index in [2.05, 4.69) is 40.4 Å². The number of carbonyl (C=O) groups is 1. The van der Waals surface area contributed by atoms with E-state index in [1.165, 1.54) is 29.5 Å². The quantitative estimate of drug-likeness (QED) is 0.275. The molecule has 0 aliphatic carbocycles. The van der Waals surface area contributed by atoms with Crippen molar-refractivity contribution >= 4 is 39.6 Å². The molecule has 11 heteroatoms. The highest BCUT2D eigenvalue weighted by Gasteiger charge is 2.20. The lowest BCUT2D eigenvalue weighted by Gasteiger charge is -2.11. The average Bonchev–Trinajstić information content (AvgIpc) is 3.32. The number of azo groups is 1. The molecule has 2 aromatic carbocycles. The van der Waals surface area contributed by atoms with Gasteiger partial charge < -0.3 is 10.4 Å². The van der Waals surface area contributed by atoms with Gasteiger partial charge in [-0.1, -0.05) is 24.3 Å². The molecule has 3 aromatic heterocycles. The summed E-state index contributed by atoms with van der Waals surface area (Å²) in [6.45, 7) is 7.44. The lowest BCUT2D eigenvalue weighted by atomic mass is 10.0. The van der Waals surface area contributed by atoms with Crippen molar-refractivity contribution in [2.75, 3.05) is 5.32 Å². The van der Waals surface area contributed by atoms with Crippen molar-refractivity contribution in [3.63, 3.8) is 0 Å². The Morgan fingerprint density at radius 3 is 2.63 bits per heavy atom. The first-order chi connectivity index (χ1) is 17.2. The van der Waals surface area contributed by atoms with Gasteiger partial charge in [0, 0.05) is 24.0 Å². The maximum atomic E-state index is 13.0. The van der Waals surface area contributed by atoms with Gasteiger partial charge in [-0.2, -0.15) is 9.78 Å². The largest absolute Gasteiger partial charge is 0.505 e. The molecule has 35 heavy (non-hydrogen) atoms. The van der Waals surface area contributed by atoms with Crippen molar-refractivity contribution in [2.24, 2.45) is 10.2 Å². The van der Waals surface area contributed by atoms with E-state index in [4.69, 9.17) is 6.57 Å². The molecule has 0 spiro atoms. The molecular formula is C24H15N9O2. The molecule has 0 atom stereocenters. The summed E-state index contributed by atoms with van der Waals surface area (Å²) in [6, 6.07) is 13.7. The molecule has 0 aliphatic rings. The van der Waals surface area contributed by atoms with Gasteiger partial charge in [0.15, 0.2) is 11.6 Å². The third-order valence-electron chi connectivity index (χ3n) is 4.99. The summed E-state index contributed by atoms with van der Waals surface area (Å²) < 4.78 is 1.27. The van der Waals surface area contributed by atoms with E-state index >= 15 is 0 Å². The molecule has 5 aromatic rings. The van der Waals surface area contributed by atoms with Crippen molar-refractivity contribution < 1.29 is 9.90 Å². The standard InChI is InChI=1S/C24H15N9O2/c1-25-19-14-29-33(24-27-10-5-11-28-24)22(19)32-31-20-17-8-3-2-6-15(17)12-18(21(20)34)23(35)30-16-7-4-9-26-13-16/h2-14,34H,(H,30,35). The molecule has 0 aliphatic heterocycles. The summed E-state index contributed by atoms with van der Waals surface area (Å²) in [5.74, 6) is -0.613. The number of benzene rings is 2. The van der Waals surface area contributed by atoms with Crippen molar-refractivity contribution in [2.45, 2.75) is 0 Å². The van der Waals surface area contributed by atoms with Gasteiger partial charge >= 0.3 is 0 Å². The Bertz CT molecular complexity index is 1610. The van der Waals surface area contributed by atoms with Crippen LogP contribution < -0.4 is 5.32 Å². The summed E-state index contributed by atoms with van der Waals surface area (Å²) >= 11 is 0. The molecule has 0 fully saturated rings. The monoisotopic (exact) mass is 461 g/mol. The van der Waals surface area contributed by atoms with Gasteiger partial charge in [-0.3, -0.25) is 9.78 Å². The predicted molar refractivity (Wildman–Crippen MR) is 127 cm³/mol. The number of phenolic OH excluding ortho intramolecular Hbond substituents is 1. The van der Waals surface area contributed by atoms with Crippen LogP contribution in [0.4, 0.5) is 22.9 Å². The summed E-state index contributed by atoms with van der Waals surface area (Å²) in [4.78, 5) is 28.6. The van der Waals surface area contributed by atoms with Crippen LogP contribution in [-0.4, -0.2) is 35.7 Å². The van der Waals surface area contributed by atoms with E-state index in [-0.39, 0.29) is 34.5 Å². The van der Waals surface area contributed by atoms with E-state index < -0.39 is 5.91 Å². The number of amides is 1. The van der Waals surface area contributed by atoms with Crippen LogP contribution in [0, 0.1) is 6.57 Å². The molecule has 2 N–H and O–H groups in total. The number of pyridine rings is 1. The second-order valence-electron chi connectivity index (χ2n) is 7.16. The van der Waals surface area contributed by atoms with Gasteiger partial charge in [0.05, 0.1) is 30.2 Å². The summed E-state index contributed by atoms with van der Waals surface area (Å²) in [5.41, 5.74) is 0.668. The Morgan fingerprint density at radius 2 is 1.86 bits per heavy atom. The summed E-state index contributed by atoms with van der Waals surface area (Å²) in [5, 5.41) is 27.6. The molecule has 5 rings (SSSR count). The maximum absolute atomic E-state index is 13.0. The number of aromatic hydroxyl groups is 1. The van der Waals surface area contributed by atoms with Crippen molar-refractivity contribution in [1.29, 1.82) is 0 Å². The highest BCUT2D eigenvalue weighted by Crippen LogP contribution is 2.40. The van der Waals surface area contributed by atoms with Gasteiger partial charge in [0.25, 0.3) is 17.5 Å². The second kappa shape index (κ2) is 9.16. The molecule has 0 bridgehead atoms. The van der Waals surface area contributed by atoms with E-state index in [0.717, 1.165) is 0 Å². The Hall–Kier alpha value is -5.50. The van der Waals surface area contributed by atoms with Gasteiger partial charge in [-0.05, 0) is 29.7 Å². The highest BCUT2D eigenvalue weighted by molar-refractivity contribution is 6.11. The van der Waals surface area contributed by atoms with Gasteiger partial charge in [-0.15, -0.1) is 10.2 Å². The van der Waals surface area contributed by atoms with Gasteiger partial charge in [-0.25, -0.2) is 14.8 Å². The highest BCUT2D eigenvalue weighted by atomic mass is 16.3. The molecule has 0 unspecified atom stereocenters. The third kappa shape index (κ3) is 4.14. The first-order valence-electron chi connectivity index (χ1n) is 10.3. The van der Waals surface area contributed by atoms with Gasteiger partial charge in [0.2, 0.25) is 0 Å². The number of hydrogen-bond acceptors (Lipinski definition) is 8. The number of nitrogens with zero attached hydrogens (tertiary/aromatic N) is 8.